The van der Waals surface area contributed by atoms with Gasteiger partial charge in [0.2, 0.25) is 5.91 Å². The Hall–Kier alpha value is -3.39. The largest absolute Gasteiger partial charge is 0.354 e. The highest BCUT2D eigenvalue weighted by atomic mass is 19.1. The Balaban J connectivity index is 1.39. The summed E-state index contributed by atoms with van der Waals surface area (Å²) in [4.78, 5) is 31.1. The molecule has 1 fully saturated rings. The summed E-state index contributed by atoms with van der Waals surface area (Å²) in [5.41, 5.74) is 2.42. The molecule has 0 aliphatic carbocycles. The first-order valence-corrected chi connectivity index (χ1v) is 11.2. The van der Waals surface area contributed by atoms with E-state index in [1.54, 1.807) is 6.07 Å². The van der Waals surface area contributed by atoms with Gasteiger partial charge in [-0.25, -0.2) is 4.39 Å². The fourth-order valence-electron chi connectivity index (χ4n) is 4.15. The molecule has 1 N–H and O–H groups in total. The fourth-order valence-corrected chi connectivity index (χ4v) is 4.15. The predicted octanol–water partition coefficient (Wildman–Crippen LogP) is 2.26. The first-order valence-electron chi connectivity index (χ1n) is 11.2. The summed E-state index contributed by atoms with van der Waals surface area (Å²) in [5, 5.41) is 2.92. The minimum Gasteiger partial charge on any atom is -0.354 e. The highest BCUT2D eigenvalue weighted by Crippen LogP contribution is 2.22. The number of nitrogens with zero attached hydrogens (tertiary/aromatic N) is 4. The van der Waals surface area contributed by atoms with E-state index in [4.69, 9.17) is 0 Å². The summed E-state index contributed by atoms with van der Waals surface area (Å²) >= 11 is 0. The molecular formula is C25H30FN5O2. The van der Waals surface area contributed by atoms with Crippen LogP contribution in [-0.4, -0.2) is 79.4 Å². The molecule has 0 bridgehead atoms. The van der Waals surface area contributed by atoms with Crippen LogP contribution in [0, 0.1) is 5.82 Å². The number of hydrogen-bond acceptors (Lipinski definition) is 4. The Morgan fingerprint density at radius 2 is 1.79 bits per heavy atom. The molecule has 1 saturated heterocycles. The fraction of sp³-hybridized carbons (Fsp3) is 0.360. The summed E-state index contributed by atoms with van der Waals surface area (Å²) < 4.78 is 15.3. The van der Waals surface area contributed by atoms with Crippen LogP contribution in [0.3, 0.4) is 0 Å². The SMILES string of the molecule is CN(C)CC(=O)N1CCN(c2ccc3ccc(C(=O)NCCc4cccc(F)c4)cn23)CC1. The van der Waals surface area contributed by atoms with Crippen LogP contribution < -0.4 is 10.2 Å². The van der Waals surface area contributed by atoms with Gasteiger partial charge in [-0.3, -0.25) is 9.59 Å². The molecule has 3 aromatic rings. The van der Waals surface area contributed by atoms with Crippen molar-refractivity contribution < 1.29 is 14.0 Å². The molecule has 0 unspecified atom stereocenters. The number of amides is 2. The maximum absolute atomic E-state index is 13.3. The zero-order chi connectivity index (χ0) is 23.4. The van der Waals surface area contributed by atoms with E-state index in [1.807, 2.05) is 58.8 Å². The molecule has 1 aromatic carbocycles. The minimum atomic E-state index is -0.271. The molecule has 0 atom stereocenters. The average molecular weight is 452 g/mol. The number of rotatable bonds is 7. The van der Waals surface area contributed by atoms with Crippen LogP contribution >= 0.6 is 0 Å². The molecule has 0 saturated carbocycles. The van der Waals surface area contributed by atoms with Gasteiger partial charge in [-0.05, 0) is 62.5 Å². The first kappa shape index (κ1) is 22.8. The van der Waals surface area contributed by atoms with Gasteiger partial charge in [-0.1, -0.05) is 12.1 Å². The zero-order valence-corrected chi connectivity index (χ0v) is 19.1. The molecular weight excluding hydrogens is 421 g/mol. The van der Waals surface area contributed by atoms with Gasteiger partial charge in [0, 0.05) is 44.4 Å². The molecule has 0 spiro atoms. The number of likely N-dealkylation sites (N-methyl/N-ethyl adjacent to an activating group) is 1. The number of hydrogen-bond donors (Lipinski definition) is 1. The maximum Gasteiger partial charge on any atom is 0.252 e. The van der Waals surface area contributed by atoms with Crippen LogP contribution in [0.15, 0.2) is 54.7 Å². The number of nitrogens with one attached hydrogen (secondary N) is 1. The van der Waals surface area contributed by atoms with E-state index in [1.165, 1.54) is 12.1 Å². The molecule has 2 aromatic heterocycles. The van der Waals surface area contributed by atoms with Gasteiger partial charge in [0.1, 0.15) is 11.6 Å². The third-order valence-corrected chi connectivity index (χ3v) is 5.89. The van der Waals surface area contributed by atoms with Crippen LogP contribution in [0.5, 0.6) is 0 Å². The normalized spacial score (nSPS) is 14.2. The van der Waals surface area contributed by atoms with E-state index in [2.05, 4.69) is 16.3 Å². The second kappa shape index (κ2) is 10.0. The number of pyridine rings is 1. The number of carbonyl (C=O) groups excluding carboxylic acids is 2. The van der Waals surface area contributed by atoms with Crippen molar-refractivity contribution in [2.24, 2.45) is 0 Å². The minimum absolute atomic E-state index is 0.150. The van der Waals surface area contributed by atoms with Gasteiger partial charge in [-0.2, -0.15) is 0 Å². The van der Waals surface area contributed by atoms with Gasteiger partial charge in [0.15, 0.2) is 0 Å². The topological polar surface area (TPSA) is 60.3 Å². The number of aromatic nitrogens is 1. The molecule has 7 nitrogen and oxygen atoms in total. The molecule has 174 valence electrons. The van der Waals surface area contributed by atoms with Crippen molar-refractivity contribution in [3.05, 3.63) is 71.7 Å². The van der Waals surface area contributed by atoms with Gasteiger partial charge < -0.3 is 24.4 Å². The molecule has 4 rings (SSSR count). The summed E-state index contributed by atoms with van der Waals surface area (Å²) in [5.74, 6) is 0.732. The maximum atomic E-state index is 13.3. The number of anilines is 1. The lowest BCUT2D eigenvalue weighted by molar-refractivity contribution is -0.132. The lowest BCUT2D eigenvalue weighted by Gasteiger charge is -2.36. The first-order chi connectivity index (χ1) is 15.9. The van der Waals surface area contributed by atoms with E-state index in [0.29, 0.717) is 38.2 Å². The van der Waals surface area contributed by atoms with Crippen molar-refractivity contribution in [3.63, 3.8) is 0 Å². The number of benzene rings is 1. The van der Waals surface area contributed by atoms with Gasteiger partial charge >= 0.3 is 0 Å². The van der Waals surface area contributed by atoms with E-state index >= 15 is 0 Å². The van der Waals surface area contributed by atoms with Crippen LogP contribution in [0.2, 0.25) is 0 Å². The summed E-state index contributed by atoms with van der Waals surface area (Å²) in [6.07, 6.45) is 2.42. The van der Waals surface area contributed by atoms with Crippen LogP contribution in [0.25, 0.3) is 5.52 Å². The molecule has 33 heavy (non-hydrogen) atoms. The molecule has 1 aliphatic rings. The summed E-state index contributed by atoms with van der Waals surface area (Å²) in [6.45, 7) is 3.71. The number of halogens is 1. The Bertz CT molecular complexity index is 1130. The van der Waals surface area contributed by atoms with Crippen molar-refractivity contribution in [2.75, 3.05) is 58.3 Å². The molecule has 0 radical (unpaired) electrons. The zero-order valence-electron chi connectivity index (χ0n) is 19.1. The van der Waals surface area contributed by atoms with Crippen molar-refractivity contribution in [1.29, 1.82) is 0 Å². The Labute approximate surface area is 193 Å². The van der Waals surface area contributed by atoms with Crippen molar-refractivity contribution >= 4 is 23.1 Å². The predicted molar refractivity (Wildman–Crippen MR) is 127 cm³/mol. The molecule has 8 heteroatoms. The number of carbonyl (C=O) groups is 2. The average Bonchev–Trinajstić information content (AvgIpc) is 3.22. The smallest absolute Gasteiger partial charge is 0.252 e. The van der Waals surface area contributed by atoms with E-state index in [9.17, 15) is 14.0 Å². The van der Waals surface area contributed by atoms with Crippen LogP contribution in [-0.2, 0) is 11.2 Å². The second-order valence-corrected chi connectivity index (χ2v) is 8.65. The molecule has 2 amide bonds. The summed E-state index contributed by atoms with van der Waals surface area (Å²) in [7, 11) is 3.80. The second-order valence-electron chi connectivity index (χ2n) is 8.65. The monoisotopic (exact) mass is 451 g/mol. The third kappa shape index (κ3) is 5.51. The van der Waals surface area contributed by atoms with Crippen molar-refractivity contribution in [2.45, 2.75) is 6.42 Å². The van der Waals surface area contributed by atoms with Crippen LogP contribution in [0.4, 0.5) is 10.2 Å². The Kier molecular flexibility index (Phi) is 6.93. The molecule has 1 aliphatic heterocycles. The highest BCUT2D eigenvalue weighted by molar-refractivity contribution is 5.94. The lowest BCUT2D eigenvalue weighted by Crippen LogP contribution is -2.51. The standard InChI is InChI=1S/C25H30FN5O2/c1-28(2)18-24(32)30-14-12-29(13-15-30)23-9-8-22-7-6-20(17-31(22)23)25(33)27-11-10-19-4-3-5-21(26)16-19/h3-9,16-17H,10-15,18H2,1-2H3,(H,27,33). The van der Waals surface area contributed by atoms with Crippen molar-refractivity contribution in [1.82, 2.24) is 19.5 Å². The van der Waals surface area contributed by atoms with E-state index in [0.717, 1.165) is 30.0 Å². The highest BCUT2D eigenvalue weighted by Gasteiger charge is 2.23. The number of fused-ring (bicyclic) bond motifs is 1. The third-order valence-electron chi connectivity index (χ3n) is 5.89. The Morgan fingerprint density at radius 3 is 2.52 bits per heavy atom. The van der Waals surface area contributed by atoms with E-state index in [-0.39, 0.29) is 17.6 Å². The van der Waals surface area contributed by atoms with Gasteiger partial charge in [-0.15, -0.1) is 0 Å². The number of piperazine rings is 1. The van der Waals surface area contributed by atoms with E-state index < -0.39 is 0 Å². The van der Waals surface area contributed by atoms with Crippen molar-refractivity contribution in [3.8, 4) is 0 Å². The van der Waals surface area contributed by atoms with Gasteiger partial charge in [0.05, 0.1) is 12.1 Å². The van der Waals surface area contributed by atoms with Crippen LogP contribution in [0.1, 0.15) is 15.9 Å². The summed E-state index contributed by atoms with van der Waals surface area (Å²) in [6, 6.07) is 14.2. The lowest BCUT2D eigenvalue weighted by atomic mass is 10.1. The Morgan fingerprint density at radius 1 is 1.03 bits per heavy atom. The van der Waals surface area contributed by atoms with Gasteiger partial charge in [0.25, 0.3) is 5.91 Å². The quantitative estimate of drug-likeness (QED) is 0.599. The molecule has 3 heterocycles.